The van der Waals surface area contributed by atoms with E-state index in [0.29, 0.717) is 11.3 Å². The minimum absolute atomic E-state index is 0.118. The van der Waals surface area contributed by atoms with Gasteiger partial charge >= 0.3 is 0 Å². The Bertz CT molecular complexity index is 1160. The molecule has 1 fully saturated rings. The summed E-state index contributed by atoms with van der Waals surface area (Å²) in [5.41, 5.74) is 4.09. The minimum atomic E-state index is -3.72. The quantitative estimate of drug-likeness (QED) is 0.564. The summed E-state index contributed by atoms with van der Waals surface area (Å²) < 4.78 is 28.1. The Morgan fingerprint density at radius 3 is 2.19 bits per heavy atom. The van der Waals surface area contributed by atoms with Gasteiger partial charge in [0.1, 0.15) is 0 Å². The number of nitrogens with one attached hydrogen (secondary N) is 2. The van der Waals surface area contributed by atoms with Crippen molar-refractivity contribution in [1.29, 1.82) is 0 Å². The molecule has 2 N–H and O–H groups in total. The maximum absolute atomic E-state index is 12.8. The van der Waals surface area contributed by atoms with E-state index in [9.17, 15) is 13.2 Å². The SMILES string of the molecule is Cc1cccc(-c2ccc(S(=O)(=O)Nc3ccc(C(=O)NC4CCCC4)cc3)cc2)c1. The average Bonchev–Trinajstić information content (AvgIpc) is 3.27. The zero-order valence-electron chi connectivity index (χ0n) is 17.5. The summed E-state index contributed by atoms with van der Waals surface area (Å²) in [6.45, 7) is 2.02. The van der Waals surface area contributed by atoms with Gasteiger partial charge in [0, 0.05) is 17.3 Å². The molecule has 160 valence electrons. The van der Waals surface area contributed by atoms with E-state index in [1.54, 1.807) is 48.5 Å². The number of amides is 1. The fourth-order valence-corrected chi connectivity index (χ4v) is 4.95. The molecular formula is C25H26N2O3S. The van der Waals surface area contributed by atoms with Crippen molar-refractivity contribution in [1.82, 2.24) is 5.32 Å². The molecule has 1 saturated carbocycles. The maximum atomic E-state index is 12.8. The second kappa shape index (κ2) is 8.94. The van der Waals surface area contributed by atoms with Gasteiger partial charge in [-0.2, -0.15) is 0 Å². The van der Waals surface area contributed by atoms with Crippen molar-refractivity contribution in [3.8, 4) is 11.1 Å². The molecule has 0 spiro atoms. The molecule has 0 radical (unpaired) electrons. The molecule has 1 amide bonds. The van der Waals surface area contributed by atoms with E-state index in [2.05, 4.69) is 16.1 Å². The molecule has 0 heterocycles. The van der Waals surface area contributed by atoms with E-state index in [1.807, 2.05) is 25.1 Å². The highest BCUT2D eigenvalue weighted by Crippen LogP contribution is 2.24. The molecule has 5 nitrogen and oxygen atoms in total. The summed E-state index contributed by atoms with van der Waals surface area (Å²) in [6, 6.07) is 21.6. The summed E-state index contributed by atoms with van der Waals surface area (Å²) in [5.74, 6) is -0.118. The van der Waals surface area contributed by atoms with Gasteiger partial charge in [0.05, 0.1) is 4.90 Å². The highest BCUT2D eigenvalue weighted by molar-refractivity contribution is 7.92. The molecule has 0 atom stereocenters. The number of anilines is 1. The van der Waals surface area contributed by atoms with Crippen molar-refractivity contribution in [2.24, 2.45) is 0 Å². The van der Waals surface area contributed by atoms with Crippen LogP contribution in [0.15, 0.2) is 77.7 Å². The zero-order valence-corrected chi connectivity index (χ0v) is 18.3. The molecule has 0 unspecified atom stereocenters. The maximum Gasteiger partial charge on any atom is 0.261 e. The molecule has 6 heteroatoms. The molecule has 0 aromatic heterocycles. The second-order valence-corrected chi connectivity index (χ2v) is 9.71. The van der Waals surface area contributed by atoms with Crippen LogP contribution in [0.5, 0.6) is 0 Å². The summed E-state index contributed by atoms with van der Waals surface area (Å²) in [6.07, 6.45) is 4.34. The van der Waals surface area contributed by atoms with E-state index in [1.165, 1.54) is 0 Å². The largest absolute Gasteiger partial charge is 0.349 e. The van der Waals surface area contributed by atoms with E-state index < -0.39 is 10.0 Å². The number of carbonyl (C=O) groups is 1. The molecule has 4 rings (SSSR count). The second-order valence-electron chi connectivity index (χ2n) is 8.03. The smallest absolute Gasteiger partial charge is 0.261 e. The minimum Gasteiger partial charge on any atom is -0.349 e. The molecule has 0 aliphatic heterocycles. The van der Waals surface area contributed by atoms with Gasteiger partial charge in [-0.3, -0.25) is 9.52 Å². The molecule has 31 heavy (non-hydrogen) atoms. The van der Waals surface area contributed by atoms with Crippen LogP contribution in [-0.2, 0) is 10.0 Å². The molecule has 0 saturated heterocycles. The lowest BCUT2D eigenvalue weighted by Gasteiger charge is -2.13. The standard InChI is InChI=1S/C25H26N2O3S/c1-18-5-4-6-21(17-18)19-11-15-24(16-12-19)31(29,30)27-23-13-9-20(10-14-23)25(28)26-22-7-2-3-8-22/h4-6,9-17,22,27H,2-3,7-8H2,1H3,(H,26,28). The van der Waals surface area contributed by atoms with Gasteiger partial charge in [-0.1, -0.05) is 54.8 Å². The Balaban J connectivity index is 1.44. The van der Waals surface area contributed by atoms with Gasteiger partial charge in [0.25, 0.3) is 15.9 Å². The first-order chi connectivity index (χ1) is 14.9. The monoisotopic (exact) mass is 434 g/mol. The lowest BCUT2D eigenvalue weighted by Crippen LogP contribution is -2.32. The normalized spacial score (nSPS) is 14.4. The lowest BCUT2D eigenvalue weighted by molar-refractivity contribution is 0.0938. The number of hydrogen-bond acceptors (Lipinski definition) is 3. The lowest BCUT2D eigenvalue weighted by atomic mass is 10.0. The van der Waals surface area contributed by atoms with Crippen molar-refractivity contribution >= 4 is 21.6 Å². The molecule has 1 aliphatic rings. The number of rotatable bonds is 6. The fraction of sp³-hybridized carbons (Fsp3) is 0.240. The Kier molecular flexibility index (Phi) is 6.09. The van der Waals surface area contributed by atoms with Crippen LogP contribution in [0, 0.1) is 6.92 Å². The van der Waals surface area contributed by atoms with Crippen LogP contribution in [-0.4, -0.2) is 20.4 Å². The Morgan fingerprint density at radius 2 is 1.55 bits per heavy atom. The predicted octanol–water partition coefficient (Wildman–Crippen LogP) is 5.14. The average molecular weight is 435 g/mol. The molecule has 1 aliphatic carbocycles. The molecule has 0 bridgehead atoms. The molecular weight excluding hydrogens is 408 g/mol. The predicted molar refractivity (Wildman–Crippen MR) is 124 cm³/mol. The Morgan fingerprint density at radius 1 is 0.871 bits per heavy atom. The van der Waals surface area contributed by atoms with E-state index in [4.69, 9.17) is 0 Å². The van der Waals surface area contributed by atoms with Crippen LogP contribution in [0.25, 0.3) is 11.1 Å². The van der Waals surface area contributed by atoms with Crippen LogP contribution in [0.3, 0.4) is 0 Å². The van der Waals surface area contributed by atoms with Gasteiger partial charge in [-0.25, -0.2) is 8.42 Å². The summed E-state index contributed by atoms with van der Waals surface area (Å²) in [5, 5.41) is 3.03. The van der Waals surface area contributed by atoms with Gasteiger partial charge in [-0.15, -0.1) is 0 Å². The molecule has 3 aromatic rings. The first-order valence-electron chi connectivity index (χ1n) is 10.5. The number of carbonyl (C=O) groups excluding carboxylic acids is 1. The van der Waals surface area contributed by atoms with Crippen molar-refractivity contribution in [3.63, 3.8) is 0 Å². The van der Waals surface area contributed by atoms with Crippen molar-refractivity contribution in [3.05, 3.63) is 83.9 Å². The summed E-state index contributed by atoms with van der Waals surface area (Å²) in [7, 11) is -3.72. The van der Waals surface area contributed by atoms with Gasteiger partial charge in [0.2, 0.25) is 0 Å². The third-order valence-electron chi connectivity index (χ3n) is 5.61. The van der Waals surface area contributed by atoms with Crippen molar-refractivity contribution in [2.45, 2.75) is 43.5 Å². The Hall–Kier alpha value is -3.12. The van der Waals surface area contributed by atoms with Gasteiger partial charge in [0.15, 0.2) is 0 Å². The summed E-state index contributed by atoms with van der Waals surface area (Å²) >= 11 is 0. The van der Waals surface area contributed by atoms with E-state index in [-0.39, 0.29) is 16.8 Å². The third kappa shape index (κ3) is 5.14. The highest BCUT2D eigenvalue weighted by atomic mass is 32.2. The van der Waals surface area contributed by atoms with Crippen molar-refractivity contribution < 1.29 is 13.2 Å². The van der Waals surface area contributed by atoms with E-state index >= 15 is 0 Å². The zero-order chi connectivity index (χ0) is 21.8. The van der Waals surface area contributed by atoms with Crippen LogP contribution in [0.1, 0.15) is 41.6 Å². The number of benzene rings is 3. The number of sulfonamides is 1. The first-order valence-corrected chi connectivity index (χ1v) is 12.0. The fourth-order valence-electron chi connectivity index (χ4n) is 3.89. The van der Waals surface area contributed by atoms with Gasteiger partial charge in [-0.05, 0) is 67.3 Å². The topological polar surface area (TPSA) is 75.3 Å². The Labute approximate surface area is 183 Å². The first kappa shape index (κ1) is 21.1. The molecule has 3 aromatic carbocycles. The highest BCUT2D eigenvalue weighted by Gasteiger charge is 2.18. The summed E-state index contributed by atoms with van der Waals surface area (Å²) in [4.78, 5) is 12.5. The van der Waals surface area contributed by atoms with Gasteiger partial charge < -0.3 is 5.32 Å². The van der Waals surface area contributed by atoms with Crippen LogP contribution in [0.4, 0.5) is 5.69 Å². The van der Waals surface area contributed by atoms with E-state index in [0.717, 1.165) is 42.4 Å². The number of aryl methyl sites for hydroxylation is 1. The van der Waals surface area contributed by atoms with Crippen LogP contribution >= 0.6 is 0 Å². The van der Waals surface area contributed by atoms with Crippen LogP contribution in [0.2, 0.25) is 0 Å². The van der Waals surface area contributed by atoms with Crippen LogP contribution < -0.4 is 10.0 Å². The third-order valence-corrected chi connectivity index (χ3v) is 7.00. The number of hydrogen-bond donors (Lipinski definition) is 2. The van der Waals surface area contributed by atoms with Crippen molar-refractivity contribution in [2.75, 3.05) is 4.72 Å².